The van der Waals surface area contributed by atoms with Crippen molar-refractivity contribution in [3.63, 3.8) is 0 Å². The average molecular weight is 393 g/mol. The van der Waals surface area contributed by atoms with E-state index in [1.165, 1.54) is 0 Å². The Balaban J connectivity index is 1.83. The van der Waals surface area contributed by atoms with Crippen molar-refractivity contribution in [1.29, 1.82) is 5.26 Å². The largest absolute Gasteiger partial charge is 0.392 e. The number of rotatable bonds is 4. The number of nitriles is 1. The van der Waals surface area contributed by atoms with Gasteiger partial charge in [-0.25, -0.2) is 4.98 Å². The van der Waals surface area contributed by atoms with Crippen LogP contribution in [0.25, 0.3) is 21.7 Å². The van der Waals surface area contributed by atoms with E-state index in [0.29, 0.717) is 5.56 Å². The van der Waals surface area contributed by atoms with E-state index in [1.54, 1.807) is 23.1 Å². The molecular formula is C22H20N2OS2. The summed E-state index contributed by atoms with van der Waals surface area (Å²) in [5.41, 5.74) is 3.41. The van der Waals surface area contributed by atoms with E-state index < -0.39 is 0 Å². The second-order valence-electron chi connectivity index (χ2n) is 6.70. The van der Waals surface area contributed by atoms with Gasteiger partial charge < -0.3 is 5.11 Å². The van der Waals surface area contributed by atoms with Crippen molar-refractivity contribution in [2.45, 2.75) is 42.1 Å². The van der Waals surface area contributed by atoms with Gasteiger partial charge in [0.1, 0.15) is 11.1 Å². The molecule has 1 N–H and O–H groups in total. The van der Waals surface area contributed by atoms with Gasteiger partial charge in [-0.2, -0.15) is 5.26 Å². The molecule has 3 nitrogen and oxygen atoms in total. The molecule has 5 heteroatoms. The first-order valence-electron chi connectivity index (χ1n) is 9.15. The normalized spacial score (nSPS) is 19.6. The number of aliphatic hydroxyl groups excluding tert-OH is 1. The van der Waals surface area contributed by atoms with Crippen molar-refractivity contribution in [1.82, 2.24) is 4.98 Å². The first-order valence-corrected chi connectivity index (χ1v) is 10.9. The van der Waals surface area contributed by atoms with Gasteiger partial charge in [0.15, 0.2) is 0 Å². The summed E-state index contributed by atoms with van der Waals surface area (Å²) in [6.07, 6.45) is 3.65. The zero-order valence-corrected chi connectivity index (χ0v) is 16.5. The number of nitrogens with zero attached hydrogens (tertiary/aromatic N) is 2. The van der Waals surface area contributed by atoms with Crippen LogP contribution in [0.4, 0.5) is 0 Å². The Morgan fingerprint density at radius 2 is 1.93 bits per heavy atom. The third-order valence-electron chi connectivity index (χ3n) is 4.89. The maximum absolute atomic E-state index is 10.4. The van der Waals surface area contributed by atoms with E-state index in [4.69, 9.17) is 4.98 Å². The zero-order chi connectivity index (χ0) is 18.6. The maximum Gasteiger partial charge on any atom is 0.116 e. The molecule has 2 heterocycles. The number of hydrogen-bond donors (Lipinski definition) is 1. The van der Waals surface area contributed by atoms with Gasteiger partial charge in [0.05, 0.1) is 22.2 Å². The lowest BCUT2D eigenvalue weighted by Gasteiger charge is -2.27. The first kappa shape index (κ1) is 18.2. The Bertz CT molecular complexity index is 948. The van der Waals surface area contributed by atoms with Gasteiger partial charge in [0.2, 0.25) is 0 Å². The minimum Gasteiger partial charge on any atom is -0.392 e. The molecule has 0 spiro atoms. The van der Waals surface area contributed by atoms with E-state index in [2.05, 4.69) is 12.1 Å². The molecule has 3 aromatic rings. The van der Waals surface area contributed by atoms with Gasteiger partial charge in [-0.3, -0.25) is 0 Å². The van der Waals surface area contributed by atoms with Gasteiger partial charge in [-0.1, -0.05) is 61.0 Å². The molecule has 2 aromatic heterocycles. The fraction of sp³-hybridized carbons (Fsp3) is 0.273. The number of benzene rings is 1. The average Bonchev–Trinajstić information content (AvgIpc) is 3.25. The molecule has 0 amide bonds. The minimum absolute atomic E-state index is 0.0977. The van der Waals surface area contributed by atoms with Crippen molar-refractivity contribution in [2.75, 3.05) is 0 Å². The lowest BCUT2D eigenvalue weighted by molar-refractivity contribution is 0.137. The van der Waals surface area contributed by atoms with Crippen LogP contribution in [0.5, 0.6) is 0 Å². The molecule has 27 heavy (non-hydrogen) atoms. The number of aromatic nitrogens is 1. The lowest BCUT2D eigenvalue weighted by atomic mass is 9.97. The van der Waals surface area contributed by atoms with Crippen LogP contribution in [0, 0.1) is 11.3 Å². The third kappa shape index (κ3) is 3.93. The number of thiophene rings is 1. The molecule has 1 aliphatic rings. The highest BCUT2D eigenvalue weighted by Crippen LogP contribution is 2.39. The molecule has 1 saturated carbocycles. The SMILES string of the molecule is N#Cc1c(-c2ccccc2)cc(-c2cccs2)nc1S[C@H]1CCCC[C@H]1O. The second-order valence-corrected chi connectivity index (χ2v) is 8.87. The predicted molar refractivity (Wildman–Crippen MR) is 112 cm³/mol. The highest BCUT2D eigenvalue weighted by Gasteiger charge is 2.27. The van der Waals surface area contributed by atoms with Crippen LogP contribution in [-0.4, -0.2) is 21.4 Å². The summed E-state index contributed by atoms with van der Waals surface area (Å²) in [4.78, 5) is 5.93. The Labute approximate surface area is 167 Å². The Kier molecular flexibility index (Phi) is 5.58. The summed E-state index contributed by atoms with van der Waals surface area (Å²) in [5.74, 6) is 0. The molecule has 2 atom stereocenters. The molecular weight excluding hydrogens is 372 g/mol. The molecule has 0 unspecified atom stereocenters. The minimum atomic E-state index is -0.331. The van der Waals surface area contributed by atoms with Crippen molar-refractivity contribution in [3.8, 4) is 27.8 Å². The lowest BCUT2D eigenvalue weighted by Crippen LogP contribution is -2.27. The molecule has 0 saturated heterocycles. The molecule has 136 valence electrons. The fourth-order valence-electron chi connectivity index (χ4n) is 3.47. The third-order valence-corrected chi connectivity index (χ3v) is 7.15. The molecule has 1 aliphatic carbocycles. The van der Waals surface area contributed by atoms with Crippen molar-refractivity contribution >= 4 is 23.1 Å². The summed E-state index contributed by atoms with van der Waals surface area (Å²) in [5, 5.41) is 23.2. The topological polar surface area (TPSA) is 56.9 Å². The van der Waals surface area contributed by atoms with Crippen LogP contribution >= 0.6 is 23.1 Å². The van der Waals surface area contributed by atoms with E-state index >= 15 is 0 Å². The summed E-state index contributed by atoms with van der Waals surface area (Å²) < 4.78 is 0. The van der Waals surface area contributed by atoms with Crippen LogP contribution in [0.2, 0.25) is 0 Å². The maximum atomic E-state index is 10.4. The van der Waals surface area contributed by atoms with Crippen LogP contribution in [-0.2, 0) is 0 Å². The van der Waals surface area contributed by atoms with Crippen LogP contribution in [0.1, 0.15) is 31.2 Å². The Morgan fingerprint density at radius 1 is 1.11 bits per heavy atom. The zero-order valence-electron chi connectivity index (χ0n) is 14.8. The standard InChI is InChI=1S/C22H20N2OS2/c23-14-17-16(15-7-2-1-3-8-15)13-18(20-11-6-12-26-20)24-22(17)27-21-10-5-4-9-19(21)25/h1-3,6-8,11-13,19,21,25H,4-5,9-10H2/t19-,21+/m1/s1. The smallest absolute Gasteiger partial charge is 0.116 e. The summed E-state index contributed by atoms with van der Waals surface area (Å²) in [7, 11) is 0. The monoisotopic (exact) mass is 392 g/mol. The highest BCUT2D eigenvalue weighted by molar-refractivity contribution is 8.00. The van der Waals surface area contributed by atoms with E-state index in [-0.39, 0.29) is 11.4 Å². The number of hydrogen-bond acceptors (Lipinski definition) is 5. The molecule has 4 rings (SSSR count). The molecule has 1 fully saturated rings. The van der Waals surface area contributed by atoms with Gasteiger partial charge in [0, 0.05) is 10.8 Å². The second kappa shape index (κ2) is 8.26. The van der Waals surface area contributed by atoms with Crippen LogP contribution in [0.15, 0.2) is 58.9 Å². The molecule has 0 radical (unpaired) electrons. The van der Waals surface area contributed by atoms with Crippen molar-refractivity contribution in [3.05, 3.63) is 59.5 Å². The van der Waals surface area contributed by atoms with E-state index in [1.807, 2.05) is 47.8 Å². The van der Waals surface area contributed by atoms with E-state index in [9.17, 15) is 10.4 Å². The van der Waals surface area contributed by atoms with Crippen molar-refractivity contribution in [2.24, 2.45) is 0 Å². The predicted octanol–water partition coefficient (Wildman–Crippen LogP) is 5.74. The fourth-order valence-corrected chi connectivity index (χ4v) is 5.44. The van der Waals surface area contributed by atoms with Gasteiger partial charge >= 0.3 is 0 Å². The van der Waals surface area contributed by atoms with Gasteiger partial charge in [-0.05, 0) is 35.9 Å². The summed E-state index contributed by atoms with van der Waals surface area (Å²) >= 11 is 3.21. The van der Waals surface area contributed by atoms with Crippen LogP contribution < -0.4 is 0 Å². The number of aliphatic hydroxyl groups is 1. The first-order chi connectivity index (χ1) is 13.3. The molecule has 0 aliphatic heterocycles. The quantitative estimate of drug-likeness (QED) is 0.615. The summed E-state index contributed by atoms with van der Waals surface area (Å²) in [6, 6.07) is 18.5. The van der Waals surface area contributed by atoms with Crippen molar-refractivity contribution < 1.29 is 5.11 Å². The Hall–Kier alpha value is -2.13. The highest BCUT2D eigenvalue weighted by atomic mass is 32.2. The molecule has 0 bridgehead atoms. The van der Waals surface area contributed by atoms with Gasteiger partial charge in [0.25, 0.3) is 0 Å². The van der Waals surface area contributed by atoms with Gasteiger partial charge in [-0.15, -0.1) is 11.3 Å². The van der Waals surface area contributed by atoms with Crippen LogP contribution in [0.3, 0.4) is 0 Å². The number of pyridine rings is 1. The van der Waals surface area contributed by atoms with E-state index in [0.717, 1.165) is 52.4 Å². The number of thioether (sulfide) groups is 1. The molecule has 1 aromatic carbocycles. The summed E-state index contributed by atoms with van der Waals surface area (Å²) in [6.45, 7) is 0. The Morgan fingerprint density at radius 3 is 2.63 bits per heavy atom.